The quantitative estimate of drug-likeness (QED) is 0.907. The summed E-state index contributed by atoms with van der Waals surface area (Å²) in [5, 5.41) is 3.66. The molecule has 2 aliphatic heterocycles. The smallest absolute Gasteiger partial charge is 0.125 e. The Labute approximate surface area is 129 Å². The highest BCUT2D eigenvalue weighted by molar-refractivity contribution is 9.10. The third kappa shape index (κ3) is 3.02. The summed E-state index contributed by atoms with van der Waals surface area (Å²) < 4.78 is 12.9. The predicted octanol–water partition coefficient (Wildman–Crippen LogP) is 3.68. The molecule has 1 saturated heterocycles. The minimum absolute atomic E-state index is 0.272. The van der Waals surface area contributed by atoms with E-state index in [4.69, 9.17) is 9.47 Å². The molecular formula is C16H22BrNO2. The number of hydrogen-bond donors (Lipinski definition) is 1. The van der Waals surface area contributed by atoms with E-state index in [1.165, 1.54) is 5.56 Å². The minimum atomic E-state index is 0.272. The second-order valence-electron chi connectivity index (χ2n) is 5.70. The molecule has 3 rings (SSSR count). The minimum Gasteiger partial charge on any atom is -0.490 e. The van der Waals surface area contributed by atoms with Crippen molar-refractivity contribution in [3.63, 3.8) is 0 Å². The molecule has 110 valence electrons. The number of fused-ring (bicyclic) bond motifs is 1. The summed E-state index contributed by atoms with van der Waals surface area (Å²) >= 11 is 3.54. The molecule has 0 aromatic heterocycles. The van der Waals surface area contributed by atoms with Gasteiger partial charge in [0.15, 0.2) is 0 Å². The average molecular weight is 340 g/mol. The van der Waals surface area contributed by atoms with Gasteiger partial charge in [0.2, 0.25) is 0 Å². The monoisotopic (exact) mass is 339 g/mol. The van der Waals surface area contributed by atoms with Crippen LogP contribution in [0.3, 0.4) is 0 Å². The van der Waals surface area contributed by atoms with E-state index in [-0.39, 0.29) is 6.10 Å². The number of rotatable bonds is 4. The van der Waals surface area contributed by atoms with Gasteiger partial charge in [0.25, 0.3) is 0 Å². The van der Waals surface area contributed by atoms with E-state index in [0.29, 0.717) is 12.0 Å². The molecule has 20 heavy (non-hydrogen) atoms. The Morgan fingerprint density at radius 1 is 1.40 bits per heavy atom. The Morgan fingerprint density at radius 2 is 2.30 bits per heavy atom. The summed E-state index contributed by atoms with van der Waals surface area (Å²) in [6, 6.07) is 6.77. The molecule has 0 aliphatic carbocycles. The molecule has 3 nitrogen and oxygen atoms in total. The first-order valence-electron chi connectivity index (χ1n) is 7.55. The Kier molecular flexibility index (Phi) is 4.64. The van der Waals surface area contributed by atoms with Crippen molar-refractivity contribution in [1.29, 1.82) is 0 Å². The maximum absolute atomic E-state index is 6.26. The molecule has 1 aromatic carbocycles. The fourth-order valence-corrected chi connectivity index (χ4v) is 3.46. The molecule has 0 radical (unpaired) electrons. The third-order valence-electron chi connectivity index (χ3n) is 4.23. The molecule has 1 N–H and O–H groups in total. The van der Waals surface area contributed by atoms with E-state index in [2.05, 4.69) is 46.4 Å². The topological polar surface area (TPSA) is 30.5 Å². The zero-order chi connectivity index (χ0) is 13.9. The van der Waals surface area contributed by atoms with Crippen LogP contribution in [-0.2, 0) is 4.74 Å². The van der Waals surface area contributed by atoms with E-state index in [0.717, 1.165) is 49.2 Å². The van der Waals surface area contributed by atoms with Gasteiger partial charge in [-0.3, -0.25) is 0 Å². The first-order chi connectivity index (χ1) is 9.78. The van der Waals surface area contributed by atoms with Gasteiger partial charge in [-0.15, -0.1) is 0 Å². The van der Waals surface area contributed by atoms with Gasteiger partial charge in [0, 0.05) is 35.0 Å². The lowest BCUT2D eigenvalue weighted by Crippen LogP contribution is -2.37. The van der Waals surface area contributed by atoms with Crippen molar-refractivity contribution in [2.24, 2.45) is 5.92 Å². The maximum Gasteiger partial charge on any atom is 0.125 e. The molecule has 0 bridgehead atoms. The molecule has 3 atom stereocenters. The van der Waals surface area contributed by atoms with Crippen LogP contribution >= 0.6 is 15.9 Å². The second kappa shape index (κ2) is 6.46. The van der Waals surface area contributed by atoms with Gasteiger partial charge in [0.1, 0.15) is 11.9 Å². The fraction of sp³-hybridized carbons (Fsp3) is 0.625. The molecule has 1 fully saturated rings. The predicted molar refractivity (Wildman–Crippen MR) is 83.1 cm³/mol. The number of hydrogen-bond acceptors (Lipinski definition) is 3. The van der Waals surface area contributed by atoms with Crippen molar-refractivity contribution in [3.8, 4) is 5.75 Å². The summed E-state index contributed by atoms with van der Waals surface area (Å²) in [6.45, 7) is 4.97. The van der Waals surface area contributed by atoms with Gasteiger partial charge in [-0.2, -0.15) is 0 Å². The zero-order valence-electron chi connectivity index (χ0n) is 11.9. The van der Waals surface area contributed by atoms with Gasteiger partial charge in [-0.1, -0.05) is 28.9 Å². The van der Waals surface area contributed by atoms with Crippen LogP contribution in [0.1, 0.15) is 37.8 Å². The van der Waals surface area contributed by atoms with E-state index in [1.54, 1.807) is 0 Å². The summed E-state index contributed by atoms with van der Waals surface area (Å²) in [6.07, 6.45) is 3.59. The first kappa shape index (κ1) is 14.4. The molecule has 0 spiro atoms. The van der Waals surface area contributed by atoms with Crippen molar-refractivity contribution in [2.45, 2.75) is 38.3 Å². The Bertz CT molecular complexity index is 460. The van der Waals surface area contributed by atoms with Crippen LogP contribution in [0.25, 0.3) is 0 Å². The second-order valence-corrected chi connectivity index (χ2v) is 6.62. The van der Waals surface area contributed by atoms with Gasteiger partial charge < -0.3 is 14.8 Å². The van der Waals surface area contributed by atoms with Crippen LogP contribution < -0.4 is 10.1 Å². The van der Waals surface area contributed by atoms with Crippen LogP contribution in [0.4, 0.5) is 0 Å². The lowest BCUT2D eigenvalue weighted by molar-refractivity contribution is 0.0801. The number of benzene rings is 1. The van der Waals surface area contributed by atoms with Gasteiger partial charge in [0.05, 0.1) is 6.61 Å². The lowest BCUT2D eigenvalue weighted by Gasteiger charge is -2.35. The normalized spacial score (nSPS) is 29.0. The molecule has 4 heteroatoms. The Balaban J connectivity index is 1.82. The standard InChI is InChI=1S/C16H22BrNO2/c1-2-6-18-14-9-15(11-5-7-19-10-11)20-16-8-12(17)3-4-13(14)16/h3-4,8,11,14-15,18H,2,5-7,9-10H2,1H3. The average Bonchev–Trinajstić information content (AvgIpc) is 2.98. The zero-order valence-corrected chi connectivity index (χ0v) is 13.5. The highest BCUT2D eigenvalue weighted by atomic mass is 79.9. The summed E-state index contributed by atoms with van der Waals surface area (Å²) in [4.78, 5) is 0. The van der Waals surface area contributed by atoms with E-state index < -0.39 is 0 Å². The molecule has 3 unspecified atom stereocenters. The number of halogens is 1. The molecule has 1 aromatic rings. The van der Waals surface area contributed by atoms with Crippen LogP contribution in [0.5, 0.6) is 5.75 Å². The molecule has 2 aliphatic rings. The lowest BCUT2D eigenvalue weighted by atomic mass is 9.89. The Morgan fingerprint density at radius 3 is 3.05 bits per heavy atom. The van der Waals surface area contributed by atoms with Crippen molar-refractivity contribution < 1.29 is 9.47 Å². The van der Waals surface area contributed by atoms with Gasteiger partial charge >= 0.3 is 0 Å². The van der Waals surface area contributed by atoms with Crippen molar-refractivity contribution in [1.82, 2.24) is 5.32 Å². The van der Waals surface area contributed by atoms with Crippen LogP contribution in [-0.4, -0.2) is 25.9 Å². The number of nitrogens with one attached hydrogen (secondary N) is 1. The third-order valence-corrected chi connectivity index (χ3v) is 4.72. The molecule has 0 saturated carbocycles. The molecule has 0 amide bonds. The van der Waals surface area contributed by atoms with Crippen molar-refractivity contribution >= 4 is 15.9 Å². The highest BCUT2D eigenvalue weighted by Gasteiger charge is 2.34. The number of ether oxygens (including phenoxy) is 2. The van der Waals surface area contributed by atoms with Gasteiger partial charge in [-0.25, -0.2) is 0 Å². The Hall–Kier alpha value is -0.580. The summed E-state index contributed by atoms with van der Waals surface area (Å²) in [5.41, 5.74) is 1.29. The van der Waals surface area contributed by atoms with E-state index in [9.17, 15) is 0 Å². The van der Waals surface area contributed by atoms with Crippen molar-refractivity contribution in [2.75, 3.05) is 19.8 Å². The fourth-order valence-electron chi connectivity index (χ4n) is 3.12. The van der Waals surface area contributed by atoms with Crippen LogP contribution in [0, 0.1) is 5.92 Å². The molecule has 2 heterocycles. The molecular weight excluding hydrogens is 318 g/mol. The van der Waals surface area contributed by atoms with Crippen molar-refractivity contribution in [3.05, 3.63) is 28.2 Å². The van der Waals surface area contributed by atoms with E-state index >= 15 is 0 Å². The summed E-state index contributed by atoms with van der Waals surface area (Å²) in [7, 11) is 0. The van der Waals surface area contributed by atoms with Gasteiger partial charge in [-0.05, 0) is 31.5 Å². The highest BCUT2D eigenvalue weighted by Crippen LogP contribution is 2.39. The van der Waals surface area contributed by atoms with Crippen LogP contribution in [0.15, 0.2) is 22.7 Å². The SMILES string of the molecule is CCCNC1CC(C2CCOC2)Oc2cc(Br)ccc21. The summed E-state index contributed by atoms with van der Waals surface area (Å²) in [5.74, 6) is 1.56. The maximum atomic E-state index is 6.26. The van der Waals surface area contributed by atoms with E-state index in [1.807, 2.05) is 0 Å². The largest absolute Gasteiger partial charge is 0.490 e. The first-order valence-corrected chi connectivity index (χ1v) is 8.34. The van der Waals surface area contributed by atoms with Crippen LogP contribution in [0.2, 0.25) is 0 Å².